The topological polar surface area (TPSA) is 35.5 Å². The predicted molar refractivity (Wildman–Crippen MR) is 64.8 cm³/mol. The fourth-order valence-corrected chi connectivity index (χ4v) is 2.32. The summed E-state index contributed by atoms with van der Waals surface area (Å²) < 4.78 is 10.6. The summed E-state index contributed by atoms with van der Waals surface area (Å²) in [7, 11) is 1.43. The van der Waals surface area contributed by atoms with Crippen molar-refractivity contribution >= 4 is 5.97 Å². The van der Waals surface area contributed by atoms with E-state index in [1.165, 1.54) is 7.11 Å². The van der Waals surface area contributed by atoms with E-state index in [1.807, 2.05) is 30.3 Å². The lowest BCUT2D eigenvalue weighted by Gasteiger charge is -2.29. The van der Waals surface area contributed by atoms with Crippen molar-refractivity contribution in [2.45, 2.75) is 31.3 Å². The Morgan fingerprint density at radius 3 is 2.71 bits per heavy atom. The van der Waals surface area contributed by atoms with Gasteiger partial charge < -0.3 is 9.47 Å². The number of ether oxygens (including phenoxy) is 2. The second-order valence-corrected chi connectivity index (χ2v) is 4.32. The van der Waals surface area contributed by atoms with Crippen LogP contribution in [0.4, 0.5) is 0 Å². The van der Waals surface area contributed by atoms with Crippen LogP contribution < -0.4 is 0 Å². The Bertz CT molecular complexity index is 355. The molecule has 1 fully saturated rings. The van der Waals surface area contributed by atoms with Gasteiger partial charge in [0.05, 0.1) is 13.2 Å². The van der Waals surface area contributed by atoms with Crippen LogP contribution in [0.25, 0.3) is 0 Å². The Labute approximate surface area is 102 Å². The molecule has 0 amide bonds. The average molecular weight is 234 g/mol. The number of methoxy groups -OCH3 is 1. The molecule has 2 atom stereocenters. The lowest BCUT2D eigenvalue weighted by Crippen LogP contribution is -2.32. The molecule has 1 aromatic rings. The first-order valence-corrected chi connectivity index (χ1v) is 6.07. The summed E-state index contributed by atoms with van der Waals surface area (Å²) in [4.78, 5) is 11.9. The second kappa shape index (κ2) is 5.82. The zero-order valence-electron chi connectivity index (χ0n) is 10.1. The Kier molecular flexibility index (Phi) is 4.15. The molecule has 0 aromatic heterocycles. The molecule has 0 spiro atoms. The summed E-state index contributed by atoms with van der Waals surface area (Å²) in [6, 6.07) is 9.74. The Hall–Kier alpha value is -1.35. The van der Waals surface area contributed by atoms with Crippen LogP contribution in [0.15, 0.2) is 30.3 Å². The second-order valence-electron chi connectivity index (χ2n) is 4.32. The standard InChI is InChI=1S/C14H18O3/c1-16-14(15)13(11-7-3-2-4-8-11)12-9-5-6-10-17-12/h2-4,7-8,12-13H,5-6,9-10H2,1H3/t12-,13+/m1/s1. The van der Waals surface area contributed by atoms with Gasteiger partial charge in [-0.1, -0.05) is 30.3 Å². The van der Waals surface area contributed by atoms with Crippen molar-refractivity contribution in [2.75, 3.05) is 13.7 Å². The van der Waals surface area contributed by atoms with E-state index >= 15 is 0 Å². The molecule has 0 aliphatic carbocycles. The molecule has 92 valence electrons. The molecular formula is C14H18O3. The van der Waals surface area contributed by atoms with Crippen LogP contribution in [0.5, 0.6) is 0 Å². The van der Waals surface area contributed by atoms with Crippen LogP contribution in [-0.2, 0) is 14.3 Å². The highest BCUT2D eigenvalue weighted by Gasteiger charge is 2.32. The van der Waals surface area contributed by atoms with Gasteiger partial charge >= 0.3 is 5.97 Å². The van der Waals surface area contributed by atoms with Crippen LogP contribution in [0.3, 0.4) is 0 Å². The van der Waals surface area contributed by atoms with E-state index in [4.69, 9.17) is 9.47 Å². The number of carbonyl (C=O) groups excluding carboxylic acids is 1. The molecule has 3 nitrogen and oxygen atoms in total. The van der Waals surface area contributed by atoms with Crippen LogP contribution in [0.2, 0.25) is 0 Å². The molecule has 0 bridgehead atoms. The van der Waals surface area contributed by atoms with E-state index in [1.54, 1.807) is 0 Å². The molecular weight excluding hydrogens is 216 g/mol. The van der Waals surface area contributed by atoms with E-state index in [9.17, 15) is 4.79 Å². The summed E-state index contributed by atoms with van der Waals surface area (Å²) in [5.41, 5.74) is 0.978. The number of esters is 1. The molecule has 17 heavy (non-hydrogen) atoms. The quantitative estimate of drug-likeness (QED) is 0.754. The zero-order valence-corrected chi connectivity index (χ0v) is 10.1. The molecule has 3 heteroatoms. The Morgan fingerprint density at radius 1 is 1.35 bits per heavy atom. The molecule has 0 radical (unpaired) electrons. The van der Waals surface area contributed by atoms with Crippen molar-refractivity contribution in [1.29, 1.82) is 0 Å². The summed E-state index contributed by atoms with van der Waals surface area (Å²) in [6.45, 7) is 0.741. The Morgan fingerprint density at radius 2 is 2.12 bits per heavy atom. The van der Waals surface area contributed by atoms with Gasteiger partial charge in [-0.3, -0.25) is 4.79 Å². The summed E-state index contributed by atoms with van der Waals surface area (Å²) in [5, 5.41) is 0. The summed E-state index contributed by atoms with van der Waals surface area (Å²) in [5.74, 6) is -0.496. The predicted octanol–water partition coefficient (Wildman–Crippen LogP) is 2.51. The minimum absolute atomic E-state index is 0.0430. The van der Waals surface area contributed by atoms with Gasteiger partial charge in [-0.25, -0.2) is 0 Å². The number of hydrogen-bond donors (Lipinski definition) is 0. The molecule has 0 N–H and O–H groups in total. The molecule has 1 saturated heterocycles. The first-order chi connectivity index (χ1) is 8.33. The fraction of sp³-hybridized carbons (Fsp3) is 0.500. The third-order valence-electron chi connectivity index (χ3n) is 3.20. The van der Waals surface area contributed by atoms with Crippen molar-refractivity contribution < 1.29 is 14.3 Å². The van der Waals surface area contributed by atoms with E-state index in [-0.39, 0.29) is 18.0 Å². The first kappa shape index (κ1) is 12.1. The third-order valence-corrected chi connectivity index (χ3v) is 3.20. The number of carbonyl (C=O) groups is 1. The van der Waals surface area contributed by atoms with Crippen molar-refractivity contribution in [1.82, 2.24) is 0 Å². The molecule has 2 rings (SSSR count). The minimum Gasteiger partial charge on any atom is -0.468 e. The van der Waals surface area contributed by atoms with Crippen LogP contribution >= 0.6 is 0 Å². The maximum absolute atomic E-state index is 11.9. The maximum Gasteiger partial charge on any atom is 0.315 e. The minimum atomic E-state index is -0.290. The van der Waals surface area contributed by atoms with Crippen molar-refractivity contribution in [3.8, 4) is 0 Å². The van der Waals surface area contributed by atoms with Crippen LogP contribution in [0.1, 0.15) is 30.7 Å². The van der Waals surface area contributed by atoms with Crippen molar-refractivity contribution in [3.63, 3.8) is 0 Å². The number of rotatable bonds is 3. The highest BCUT2D eigenvalue weighted by Crippen LogP contribution is 2.29. The highest BCUT2D eigenvalue weighted by molar-refractivity contribution is 5.78. The van der Waals surface area contributed by atoms with Gasteiger partial charge in [-0.15, -0.1) is 0 Å². The lowest BCUT2D eigenvalue weighted by molar-refractivity contribution is -0.147. The maximum atomic E-state index is 11.9. The zero-order chi connectivity index (χ0) is 12.1. The summed E-state index contributed by atoms with van der Waals surface area (Å²) >= 11 is 0. The van der Waals surface area contributed by atoms with Crippen LogP contribution in [-0.4, -0.2) is 25.8 Å². The van der Waals surface area contributed by atoms with Gasteiger partial charge in [-0.05, 0) is 24.8 Å². The van der Waals surface area contributed by atoms with Gasteiger partial charge in [0.1, 0.15) is 5.92 Å². The molecule has 0 unspecified atom stereocenters. The van der Waals surface area contributed by atoms with Gasteiger partial charge in [0.15, 0.2) is 0 Å². The molecule has 0 saturated carbocycles. The van der Waals surface area contributed by atoms with Crippen molar-refractivity contribution in [3.05, 3.63) is 35.9 Å². The monoisotopic (exact) mass is 234 g/mol. The highest BCUT2D eigenvalue weighted by atomic mass is 16.5. The van der Waals surface area contributed by atoms with Gasteiger partial charge in [0, 0.05) is 6.61 Å². The molecule has 1 heterocycles. The first-order valence-electron chi connectivity index (χ1n) is 6.07. The van der Waals surface area contributed by atoms with E-state index in [0.717, 1.165) is 31.4 Å². The number of hydrogen-bond acceptors (Lipinski definition) is 3. The number of benzene rings is 1. The van der Waals surface area contributed by atoms with Gasteiger partial charge in [-0.2, -0.15) is 0 Å². The van der Waals surface area contributed by atoms with Crippen molar-refractivity contribution in [2.24, 2.45) is 0 Å². The smallest absolute Gasteiger partial charge is 0.315 e. The third kappa shape index (κ3) is 2.86. The fourth-order valence-electron chi connectivity index (χ4n) is 2.32. The van der Waals surface area contributed by atoms with Gasteiger partial charge in [0.2, 0.25) is 0 Å². The largest absolute Gasteiger partial charge is 0.468 e. The van der Waals surface area contributed by atoms with Gasteiger partial charge in [0.25, 0.3) is 0 Å². The molecule has 1 aliphatic rings. The normalized spacial score (nSPS) is 21.8. The lowest BCUT2D eigenvalue weighted by atomic mass is 9.89. The van der Waals surface area contributed by atoms with E-state index in [2.05, 4.69) is 0 Å². The molecule has 1 aliphatic heterocycles. The van der Waals surface area contributed by atoms with E-state index in [0.29, 0.717) is 0 Å². The average Bonchev–Trinajstić information content (AvgIpc) is 2.41. The SMILES string of the molecule is COC(=O)[C@@H](c1ccccc1)[C@H]1CCCCO1. The van der Waals surface area contributed by atoms with E-state index < -0.39 is 0 Å². The summed E-state index contributed by atoms with van der Waals surface area (Å²) in [6.07, 6.45) is 3.08. The van der Waals surface area contributed by atoms with Crippen LogP contribution in [0, 0.1) is 0 Å². The Balaban J connectivity index is 2.21. The molecule has 1 aromatic carbocycles.